The van der Waals surface area contributed by atoms with Crippen LogP contribution >= 0.6 is 11.6 Å². The summed E-state index contributed by atoms with van der Waals surface area (Å²) in [6.45, 7) is 0. The van der Waals surface area contributed by atoms with Crippen molar-refractivity contribution in [2.75, 3.05) is 5.32 Å². The van der Waals surface area contributed by atoms with E-state index in [4.69, 9.17) is 11.6 Å². The Hall–Kier alpha value is -2.66. The highest BCUT2D eigenvalue weighted by molar-refractivity contribution is 6.30. The minimum atomic E-state index is -0.551. The molecule has 0 saturated heterocycles. The zero-order valence-corrected chi connectivity index (χ0v) is 14.0. The van der Waals surface area contributed by atoms with Crippen LogP contribution < -0.4 is 5.32 Å². The maximum Gasteiger partial charge on any atom is 0.258 e. The number of nitrogens with one attached hydrogen (secondary N) is 2. The van der Waals surface area contributed by atoms with E-state index in [0.29, 0.717) is 22.3 Å². The van der Waals surface area contributed by atoms with Crippen LogP contribution in [0, 0.1) is 5.82 Å². The summed E-state index contributed by atoms with van der Waals surface area (Å²) < 4.78 is 13.9. The Bertz CT molecular complexity index is 932. The van der Waals surface area contributed by atoms with E-state index in [-0.39, 0.29) is 5.56 Å². The minimum Gasteiger partial charge on any atom is -0.318 e. The number of aromatic amines is 1. The van der Waals surface area contributed by atoms with E-state index in [1.807, 2.05) is 12.1 Å². The van der Waals surface area contributed by atoms with Crippen molar-refractivity contribution in [1.29, 1.82) is 0 Å². The summed E-state index contributed by atoms with van der Waals surface area (Å²) in [6.07, 6.45) is 2.09. The van der Waals surface area contributed by atoms with Gasteiger partial charge < -0.3 is 5.32 Å². The molecule has 4 nitrogen and oxygen atoms in total. The van der Waals surface area contributed by atoms with Gasteiger partial charge in [-0.2, -0.15) is 5.10 Å². The molecule has 3 aromatic rings. The zero-order chi connectivity index (χ0) is 17.4. The average Bonchev–Trinajstić information content (AvgIpc) is 3.37. The average molecular weight is 356 g/mol. The largest absolute Gasteiger partial charge is 0.318 e. The van der Waals surface area contributed by atoms with Gasteiger partial charge in [-0.05, 0) is 37.1 Å². The summed E-state index contributed by atoms with van der Waals surface area (Å²) in [4.78, 5) is 12.6. The summed E-state index contributed by atoms with van der Waals surface area (Å²) in [5.74, 6) is -0.689. The standard InChI is InChI=1S/C19H15ClFN3O/c20-13-9-7-12(8-10-13)17-18(16(23-24-17)11-5-6-11)22-19(25)14-3-1-2-4-15(14)21/h1-4,7-11H,5-6H2,(H,22,25)(H,23,24). The summed E-state index contributed by atoms with van der Waals surface area (Å²) in [5, 5.41) is 10.9. The molecule has 4 rings (SSSR count). The van der Waals surface area contributed by atoms with Crippen LogP contribution in [0.3, 0.4) is 0 Å². The van der Waals surface area contributed by atoms with Crippen LogP contribution in [0.1, 0.15) is 34.8 Å². The number of nitrogens with zero attached hydrogens (tertiary/aromatic N) is 1. The molecule has 0 aliphatic heterocycles. The van der Waals surface area contributed by atoms with Gasteiger partial charge in [0.15, 0.2) is 0 Å². The number of carbonyl (C=O) groups is 1. The Kier molecular flexibility index (Phi) is 4.01. The lowest BCUT2D eigenvalue weighted by Gasteiger charge is -2.09. The Morgan fingerprint density at radius 2 is 1.88 bits per heavy atom. The van der Waals surface area contributed by atoms with Crippen LogP contribution in [0.4, 0.5) is 10.1 Å². The van der Waals surface area contributed by atoms with Crippen molar-refractivity contribution in [2.24, 2.45) is 0 Å². The van der Waals surface area contributed by atoms with Gasteiger partial charge in [0.25, 0.3) is 5.91 Å². The number of carbonyl (C=O) groups excluding carboxylic acids is 1. The molecule has 0 spiro atoms. The predicted octanol–water partition coefficient (Wildman–Crippen LogP) is 5.00. The van der Waals surface area contributed by atoms with Gasteiger partial charge in [-0.25, -0.2) is 4.39 Å². The Balaban J connectivity index is 1.72. The van der Waals surface area contributed by atoms with E-state index < -0.39 is 11.7 Å². The molecule has 0 radical (unpaired) electrons. The number of halogens is 2. The molecule has 1 aromatic heterocycles. The number of amides is 1. The second-order valence-corrected chi connectivity index (χ2v) is 6.51. The number of hydrogen-bond acceptors (Lipinski definition) is 2. The topological polar surface area (TPSA) is 57.8 Å². The fourth-order valence-electron chi connectivity index (χ4n) is 2.79. The molecule has 126 valence electrons. The fraction of sp³-hybridized carbons (Fsp3) is 0.158. The molecule has 2 N–H and O–H groups in total. The minimum absolute atomic E-state index is 0.00695. The molecule has 2 aromatic carbocycles. The predicted molar refractivity (Wildman–Crippen MR) is 95.4 cm³/mol. The van der Waals surface area contributed by atoms with Crippen LogP contribution in [0.15, 0.2) is 48.5 Å². The van der Waals surface area contributed by atoms with Gasteiger partial charge in [0.05, 0.1) is 16.9 Å². The molecule has 1 aliphatic rings. The molecule has 1 saturated carbocycles. The van der Waals surface area contributed by atoms with E-state index >= 15 is 0 Å². The van der Waals surface area contributed by atoms with Crippen molar-refractivity contribution >= 4 is 23.2 Å². The summed E-state index contributed by atoms with van der Waals surface area (Å²) in [7, 11) is 0. The third-order valence-corrected chi connectivity index (χ3v) is 4.51. The van der Waals surface area contributed by atoms with E-state index in [0.717, 1.165) is 24.1 Å². The summed E-state index contributed by atoms with van der Waals surface area (Å²) in [6, 6.07) is 13.1. The van der Waals surface area contributed by atoms with E-state index in [1.165, 1.54) is 12.1 Å². The van der Waals surface area contributed by atoms with Gasteiger partial charge in [0.1, 0.15) is 11.5 Å². The molecule has 0 unspecified atom stereocenters. The first kappa shape index (κ1) is 15.8. The highest BCUT2D eigenvalue weighted by Gasteiger charge is 2.31. The molecule has 1 fully saturated rings. The van der Waals surface area contributed by atoms with Crippen molar-refractivity contribution in [2.45, 2.75) is 18.8 Å². The van der Waals surface area contributed by atoms with Crippen molar-refractivity contribution in [3.63, 3.8) is 0 Å². The molecule has 0 atom stereocenters. The van der Waals surface area contributed by atoms with Crippen molar-refractivity contribution in [1.82, 2.24) is 10.2 Å². The smallest absolute Gasteiger partial charge is 0.258 e. The van der Waals surface area contributed by atoms with Crippen molar-refractivity contribution in [3.8, 4) is 11.3 Å². The monoisotopic (exact) mass is 355 g/mol. The quantitative estimate of drug-likeness (QED) is 0.692. The van der Waals surface area contributed by atoms with E-state index in [2.05, 4.69) is 15.5 Å². The zero-order valence-electron chi connectivity index (χ0n) is 13.2. The van der Waals surface area contributed by atoms with Crippen molar-refractivity contribution in [3.05, 3.63) is 70.6 Å². The van der Waals surface area contributed by atoms with Gasteiger partial charge in [-0.1, -0.05) is 35.9 Å². The summed E-state index contributed by atoms with van der Waals surface area (Å²) >= 11 is 5.95. The molecular formula is C19H15ClFN3O. The summed E-state index contributed by atoms with van der Waals surface area (Å²) in [5.41, 5.74) is 2.96. The van der Waals surface area contributed by atoms with Crippen LogP contribution in [0.25, 0.3) is 11.3 Å². The van der Waals surface area contributed by atoms with Crippen LogP contribution in [-0.4, -0.2) is 16.1 Å². The Morgan fingerprint density at radius 1 is 1.16 bits per heavy atom. The number of H-pyrrole nitrogens is 1. The van der Waals surface area contributed by atoms with Gasteiger partial charge in [-0.15, -0.1) is 0 Å². The molecule has 25 heavy (non-hydrogen) atoms. The maximum absolute atomic E-state index is 13.9. The molecule has 6 heteroatoms. The lowest BCUT2D eigenvalue weighted by Crippen LogP contribution is -2.14. The molecular weight excluding hydrogens is 341 g/mol. The van der Waals surface area contributed by atoms with Crippen molar-refractivity contribution < 1.29 is 9.18 Å². The first-order valence-corrected chi connectivity index (χ1v) is 8.41. The van der Waals surface area contributed by atoms with Gasteiger partial charge in [0, 0.05) is 16.5 Å². The number of anilines is 1. The van der Waals surface area contributed by atoms with Crippen LogP contribution in [0.5, 0.6) is 0 Å². The SMILES string of the molecule is O=C(Nc1c(-c2ccc(Cl)cc2)n[nH]c1C1CC1)c1ccccc1F. The molecule has 1 amide bonds. The lowest BCUT2D eigenvalue weighted by molar-refractivity contribution is 0.102. The highest BCUT2D eigenvalue weighted by Crippen LogP contribution is 2.45. The third kappa shape index (κ3) is 3.15. The number of hydrogen-bond donors (Lipinski definition) is 2. The van der Waals surface area contributed by atoms with E-state index in [9.17, 15) is 9.18 Å². The van der Waals surface area contributed by atoms with Crippen LogP contribution in [-0.2, 0) is 0 Å². The third-order valence-electron chi connectivity index (χ3n) is 4.25. The van der Waals surface area contributed by atoms with Crippen LogP contribution in [0.2, 0.25) is 5.02 Å². The molecule has 1 heterocycles. The van der Waals surface area contributed by atoms with E-state index in [1.54, 1.807) is 24.3 Å². The number of benzene rings is 2. The second-order valence-electron chi connectivity index (χ2n) is 6.08. The fourth-order valence-corrected chi connectivity index (χ4v) is 2.92. The molecule has 1 aliphatic carbocycles. The number of rotatable bonds is 4. The van der Waals surface area contributed by atoms with Gasteiger partial charge >= 0.3 is 0 Å². The molecule has 0 bridgehead atoms. The maximum atomic E-state index is 13.9. The second kappa shape index (κ2) is 6.33. The lowest BCUT2D eigenvalue weighted by atomic mass is 10.1. The first-order valence-electron chi connectivity index (χ1n) is 8.03. The number of aromatic nitrogens is 2. The highest BCUT2D eigenvalue weighted by atomic mass is 35.5. The Morgan fingerprint density at radius 3 is 2.56 bits per heavy atom. The normalized spacial score (nSPS) is 13.7. The van der Waals surface area contributed by atoms with Gasteiger partial charge in [0.2, 0.25) is 0 Å². The first-order chi connectivity index (χ1) is 12.1. The van der Waals surface area contributed by atoms with Gasteiger partial charge in [-0.3, -0.25) is 9.89 Å². The Labute approximate surface area is 149 Å².